The fourth-order valence-corrected chi connectivity index (χ4v) is 3.41. The molecule has 1 saturated heterocycles. The van der Waals surface area contributed by atoms with Crippen LogP contribution in [0.15, 0.2) is 0 Å². The summed E-state index contributed by atoms with van der Waals surface area (Å²) in [4.78, 5) is 16.9. The van der Waals surface area contributed by atoms with Crippen LogP contribution in [0, 0.1) is 0 Å². The van der Waals surface area contributed by atoms with Gasteiger partial charge in [0.25, 0.3) is 0 Å². The van der Waals surface area contributed by atoms with Crippen LogP contribution in [-0.4, -0.2) is 65.8 Å². The van der Waals surface area contributed by atoms with Gasteiger partial charge < -0.3 is 15.0 Å². The third kappa shape index (κ3) is 5.35. The minimum Gasteiger partial charge on any atom is -0.444 e. The van der Waals surface area contributed by atoms with Crippen molar-refractivity contribution in [2.75, 3.05) is 26.2 Å². The van der Waals surface area contributed by atoms with Crippen molar-refractivity contribution in [2.45, 2.75) is 83.0 Å². The molecule has 23 heavy (non-hydrogen) atoms. The summed E-state index contributed by atoms with van der Waals surface area (Å²) < 4.78 is 5.54. The molecule has 1 heterocycles. The standard InChI is InChI=1S/C18H33N3O2/c1-18(2,3)23-17(22)21(16-7-8-16)11-4-10-19-14-9-12-20(13-14)15-5-6-15/h14-16,19H,4-13H2,1-3H3. The molecule has 0 radical (unpaired) electrons. The van der Waals surface area contributed by atoms with E-state index in [4.69, 9.17) is 4.74 Å². The van der Waals surface area contributed by atoms with E-state index in [0.717, 1.165) is 38.4 Å². The summed E-state index contributed by atoms with van der Waals surface area (Å²) in [6, 6.07) is 1.95. The zero-order valence-corrected chi connectivity index (χ0v) is 15.0. The van der Waals surface area contributed by atoms with E-state index in [9.17, 15) is 4.79 Å². The molecule has 3 aliphatic rings. The van der Waals surface area contributed by atoms with Crippen LogP contribution >= 0.6 is 0 Å². The molecule has 132 valence electrons. The highest BCUT2D eigenvalue weighted by molar-refractivity contribution is 5.69. The van der Waals surface area contributed by atoms with Crippen molar-refractivity contribution in [1.82, 2.24) is 15.1 Å². The van der Waals surface area contributed by atoms with Gasteiger partial charge in [-0.1, -0.05) is 0 Å². The van der Waals surface area contributed by atoms with Crippen LogP contribution in [0.5, 0.6) is 0 Å². The van der Waals surface area contributed by atoms with E-state index in [1.165, 1.54) is 32.4 Å². The lowest BCUT2D eigenvalue weighted by Crippen LogP contribution is -2.40. The van der Waals surface area contributed by atoms with Gasteiger partial charge in [0.15, 0.2) is 0 Å². The Morgan fingerprint density at radius 3 is 2.57 bits per heavy atom. The molecule has 0 bridgehead atoms. The first-order valence-electron chi connectivity index (χ1n) is 9.39. The third-order valence-electron chi connectivity index (χ3n) is 4.91. The van der Waals surface area contributed by atoms with E-state index >= 15 is 0 Å². The van der Waals surface area contributed by atoms with Crippen LogP contribution in [0.4, 0.5) is 4.79 Å². The van der Waals surface area contributed by atoms with Gasteiger partial charge in [-0.15, -0.1) is 0 Å². The van der Waals surface area contributed by atoms with Crippen LogP contribution in [0.1, 0.15) is 59.3 Å². The second-order valence-corrected chi connectivity index (χ2v) is 8.42. The largest absolute Gasteiger partial charge is 0.444 e. The topological polar surface area (TPSA) is 44.8 Å². The summed E-state index contributed by atoms with van der Waals surface area (Å²) in [7, 11) is 0. The number of rotatable bonds is 7. The van der Waals surface area contributed by atoms with Crippen molar-refractivity contribution in [2.24, 2.45) is 0 Å². The monoisotopic (exact) mass is 323 g/mol. The highest BCUT2D eigenvalue weighted by Gasteiger charge is 2.35. The van der Waals surface area contributed by atoms with Gasteiger partial charge in [-0.3, -0.25) is 4.90 Å². The Labute approximate surface area is 140 Å². The van der Waals surface area contributed by atoms with Crippen molar-refractivity contribution in [1.29, 1.82) is 0 Å². The maximum Gasteiger partial charge on any atom is 0.410 e. The lowest BCUT2D eigenvalue weighted by atomic mass is 10.2. The zero-order chi connectivity index (χ0) is 16.4. The summed E-state index contributed by atoms with van der Waals surface area (Å²) in [6.45, 7) is 10.1. The van der Waals surface area contributed by atoms with Gasteiger partial charge in [0.1, 0.15) is 5.60 Å². The van der Waals surface area contributed by atoms with E-state index < -0.39 is 5.60 Å². The molecule has 1 unspecified atom stereocenters. The molecule has 1 amide bonds. The van der Waals surface area contributed by atoms with Crippen LogP contribution in [-0.2, 0) is 4.74 Å². The first kappa shape index (κ1) is 17.0. The van der Waals surface area contributed by atoms with Crippen molar-refractivity contribution < 1.29 is 9.53 Å². The average molecular weight is 323 g/mol. The van der Waals surface area contributed by atoms with Crippen molar-refractivity contribution in [3.63, 3.8) is 0 Å². The minimum atomic E-state index is -0.404. The fourth-order valence-electron chi connectivity index (χ4n) is 3.41. The molecule has 1 atom stereocenters. The highest BCUT2D eigenvalue weighted by atomic mass is 16.6. The van der Waals surface area contributed by atoms with E-state index in [-0.39, 0.29) is 6.09 Å². The Bertz CT molecular complexity index is 413. The van der Waals surface area contributed by atoms with E-state index in [0.29, 0.717) is 12.1 Å². The fraction of sp³-hybridized carbons (Fsp3) is 0.944. The van der Waals surface area contributed by atoms with Crippen LogP contribution in [0.2, 0.25) is 0 Å². The first-order chi connectivity index (χ1) is 10.9. The lowest BCUT2D eigenvalue weighted by Gasteiger charge is -2.27. The number of nitrogens with zero attached hydrogens (tertiary/aromatic N) is 2. The molecule has 2 saturated carbocycles. The van der Waals surface area contributed by atoms with E-state index in [1.54, 1.807) is 0 Å². The summed E-state index contributed by atoms with van der Waals surface area (Å²) in [5.74, 6) is 0. The first-order valence-corrected chi connectivity index (χ1v) is 9.39. The van der Waals surface area contributed by atoms with Gasteiger partial charge in [-0.25, -0.2) is 4.79 Å². The van der Waals surface area contributed by atoms with Crippen molar-refractivity contribution in [3.8, 4) is 0 Å². The van der Waals surface area contributed by atoms with Crippen molar-refractivity contribution in [3.05, 3.63) is 0 Å². The summed E-state index contributed by atoms with van der Waals surface area (Å²) in [5.41, 5.74) is -0.404. The Hall–Kier alpha value is -0.810. The van der Waals surface area contributed by atoms with Gasteiger partial charge in [0.05, 0.1) is 0 Å². The number of hydrogen-bond donors (Lipinski definition) is 1. The second-order valence-electron chi connectivity index (χ2n) is 8.42. The van der Waals surface area contributed by atoms with Gasteiger partial charge in [0.2, 0.25) is 0 Å². The molecule has 3 rings (SSSR count). The molecular formula is C18H33N3O2. The Morgan fingerprint density at radius 2 is 1.96 bits per heavy atom. The summed E-state index contributed by atoms with van der Waals surface area (Å²) in [5, 5.41) is 3.68. The summed E-state index contributed by atoms with van der Waals surface area (Å²) >= 11 is 0. The highest BCUT2D eigenvalue weighted by Crippen LogP contribution is 2.30. The number of nitrogens with one attached hydrogen (secondary N) is 1. The molecule has 3 fully saturated rings. The molecule has 1 N–H and O–H groups in total. The average Bonchev–Trinajstić information content (AvgIpc) is 3.36. The van der Waals surface area contributed by atoms with Crippen LogP contribution in [0.25, 0.3) is 0 Å². The Kier molecular flexibility index (Phi) is 5.16. The number of likely N-dealkylation sites (tertiary alicyclic amines) is 1. The van der Waals surface area contributed by atoms with Crippen LogP contribution < -0.4 is 5.32 Å². The zero-order valence-electron chi connectivity index (χ0n) is 15.0. The van der Waals surface area contributed by atoms with Gasteiger partial charge in [0, 0.05) is 37.8 Å². The smallest absolute Gasteiger partial charge is 0.410 e. The SMILES string of the molecule is CC(C)(C)OC(=O)N(CCCNC1CCN(C2CC2)C1)C1CC1. The number of ether oxygens (including phenoxy) is 1. The molecule has 0 aromatic carbocycles. The molecule has 0 aromatic rings. The molecule has 1 aliphatic heterocycles. The Morgan fingerprint density at radius 1 is 1.22 bits per heavy atom. The lowest BCUT2D eigenvalue weighted by molar-refractivity contribution is 0.0231. The molecule has 2 aliphatic carbocycles. The molecule has 0 spiro atoms. The van der Waals surface area contributed by atoms with Gasteiger partial charge >= 0.3 is 6.09 Å². The second kappa shape index (κ2) is 6.98. The van der Waals surface area contributed by atoms with Gasteiger partial charge in [-0.05, 0) is 65.8 Å². The minimum absolute atomic E-state index is 0.138. The molecule has 5 heteroatoms. The third-order valence-corrected chi connectivity index (χ3v) is 4.91. The van der Waals surface area contributed by atoms with E-state index in [1.807, 2.05) is 25.7 Å². The summed E-state index contributed by atoms with van der Waals surface area (Å²) in [6.07, 6.45) is 7.21. The molecule has 5 nitrogen and oxygen atoms in total. The Balaban J connectivity index is 1.34. The van der Waals surface area contributed by atoms with Crippen LogP contribution in [0.3, 0.4) is 0 Å². The van der Waals surface area contributed by atoms with Gasteiger partial charge in [-0.2, -0.15) is 0 Å². The number of amides is 1. The molecule has 0 aromatic heterocycles. The number of carbonyl (C=O) groups excluding carboxylic acids is 1. The quantitative estimate of drug-likeness (QED) is 0.732. The molecular weight excluding hydrogens is 290 g/mol. The predicted octanol–water partition coefficient (Wildman–Crippen LogP) is 2.60. The predicted molar refractivity (Wildman–Crippen MR) is 91.6 cm³/mol. The number of hydrogen-bond acceptors (Lipinski definition) is 4. The maximum atomic E-state index is 12.3. The maximum absolute atomic E-state index is 12.3. The van der Waals surface area contributed by atoms with E-state index in [2.05, 4.69) is 10.2 Å². The van der Waals surface area contributed by atoms with Crippen molar-refractivity contribution >= 4 is 6.09 Å². The normalized spacial score (nSPS) is 25.6. The number of carbonyl (C=O) groups is 1.